The van der Waals surface area contributed by atoms with Gasteiger partial charge in [-0.15, -0.1) is 11.6 Å². The van der Waals surface area contributed by atoms with Gasteiger partial charge in [0, 0.05) is 12.4 Å². The summed E-state index contributed by atoms with van der Waals surface area (Å²) in [6.07, 6.45) is 3.18. The van der Waals surface area contributed by atoms with Gasteiger partial charge in [0.25, 0.3) is 0 Å². The number of sulfonamides is 1. The van der Waals surface area contributed by atoms with Crippen molar-refractivity contribution in [2.75, 3.05) is 22.5 Å². The molecule has 0 amide bonds. The standard InChI is InChI=1S/C14H22ClNO2S/c1-2-3-12-16(14-9-5-4-6-10-14)19(17,18)13-8-7-11-15/h4-6,9-10H,2-3,7-8,11-13H2,1H3. The molecule has 1 rings (SSSR count). The van der Waals surface area contributed by atoms with E-state index in [9.17, 15) is 8.42 Å². The average molecular weight is 304 g/mol. The molecule has 0 spiro atoms. The molecule has 0 unspecified atom stereocenters. The van der Waals surface area contributed by atoms with Crippen LogP contribution in [0.15, 0.2) is 30.3 Å². The number of para-hydroxylation sites is 1. The second-order valence-corrected chi connectivity index (χ2v) is 6.86. The van der Waals surface area contributed by atoms with E-state index >= 15 is 0 Å². The predicted octanol–water partition coefficient (Wildman–Crippen LogP) is 3.64. The van der Waals surface area contributed by atoms with E-state index in [1.807, 2.05) is 30.3 Å². The summed E-state index contributed by atoms with van der Waals surface area (Å²) in [5.41, 5.74) is 0.752. The summed E-state index contributed by atoms with van der Waals surface area (Å²) in [7, 11) is -3.25. The summed E-state index contributed by atoms with van der Waals surface area (Å²) >= 11 is 5.60. The monoisotopic (exact) mass is 303 g/mol. The maximum atomic E-state index is 12.4. The Hall–Kier alpha value is -0.740. The summed E-state index contributed by atoms with van der Waals surface area (Å²) in [6.45, 7) is 2.60. The van der Waals surface area contributed by atoms with Crippen LogP contribution >= 0.6 is 11.6 Å². The molecule has 0 saturated heterocycles. The van der Waals surface area contributed by atoms with Gasteiger partial charge in [-0.2, -0.15) is 0 Å². The molecule has 0 N–H and O–H groups in total. The molecule has 0 aliphatic rings. The fraction of sp³-hybridized carbons (Fsp3) is 0.571. The van der Waals surface area contributed by atoms with Gasteiger partial charge in [-0.05, 0) is 31.4 Å². The summed E-state index contributed by atoms with van der Waals surface area (Å²) < 4.78 is 26.3. The van der Waals surface area contributed by atoms with E-state index in [2.05, 4.69) is 6.92 Å². The summed E-state index contributed by atoms with van der Waals surface area (Å²) in [6, 6.07) is 9.30. The molecule has 5 heteroatoms. The van der Waals surface area contributed by atoms with Crippen LogP contribution in [0.1, 0.15) is 32.6 Å². The first-order valence-electron chi connectivity index (χ1n) is 6.73. The lowest BCUT2D eigenvalue weighted by molar-refractivity contribution is 0.585. The van der Waals surface area contributed by atoms with Crippen molar-refractivity contribution < 1.29 is 8.42 Å². The van der Waals surface area contributed by atoms with Crippen molar-refractivity contribution in [1.29, 1.82) is 0 Å². The highest BCUT2D eigenvalue weighted by Gasteiger charge is 2.21. The molecule has 3 nitrogen and oxygen atoms in total. The third-order valence-electron chi connectivity index (χ3n) is 2.88. The smallest absolute Gasteiger partial charge is 0.235 e. The number of unbranched alkanes of at least 4 members (excludes halogenated alkanes) is 2. The first-order chi connectivity index (χ1) is 9.11. The lowest BCUT2D eigenvalue weighted by Gasteiger charge is -2.24. The molecular formula is C14H22ClNO2S. The van der Waals surface area contributed by atoms with E-state index < -0.39 is 10.0 Å². The van der Waals surface area contributed by atoms with Crippen LogP contribution in [-0.4, -0.2) is 26.6 Å². The second-order valence-electron chi connectivity index (χ2n) is 4.47. The maximum Gasteiger partial charge on any atom is 0.235 e. The third-order valence-corrected chi connectivity index (χ3v) is 5.02. The van der Waals surface area contributed by atoms with Gasteiger partial charge in [-0.25, -0.2) is 8.42 Å². The lowest BCUT2D eigenvalue weighted by atomic mass is 10.3. The van der Waals surface area contributed by atoms with Crippen molar-refractivity contribution in [1.82, 2.24) is 0 Å². The van der Waals surface area contributed by atoms with Gasteiger partial charge in [-0.3, -0.25) is 4.31 Å². The predicted molar refractivity (Wildman–Crippen MR) is 82.4 cm³/mol. The average Bonchev–Trinajstić information content (AvgIpc) is 2.40. The minimum atomic E-state index is -3.25. The summed E-state index contributed by atoms with van der Waals surface area (Å²) in [4.78, 5) is 0. The van der Waals surface area contributed by atoms with Crippen molar-refractivity contribution in [3.05, 3.63) is 30.3 Å². The first-order valence-corrected chi connectivity index (χ1v) is 8.87. The van der Waals surface area contributed by atoms with Crippen molar-refractivity contribution in [2.45, 2.75) is 32.6 Å². The highest BCUT2D eigenvalue weighted by atomic mass is 35.5. The zero-order valence-corrected chi connectivity index (χ0v) is 13.0. The molecule has 0 atom stereocenters. The van der Waals surface area contributed by atoms with Crippen molar-refractivity contribution in [3.8, 4) is 0 Å². The van der Waals surface area contributed by atoms with Crippen LogP contribution in [-0.2, 0) is 10.0 Å². The molecule has 0 fully saturated rings. The molecule has 0 aromatic heterocycles. The molecule has 0 saturated carbocycles. The summed E-state index contributed by atoms with van der Waals surface area (Å²) in [5.74, 6) is 0.675. The van der Waals surface area contributed by atoms with E-state index in [-0.39, 0.29) is 5.75 Å². The number of halogens is 1. The number of nitrogens with zero attached hydrogens (tertiary/aromatic N) is 1. The van der Waals surface area contributed by atoms with Gasteiger partial charge in [0.05, 0.1) is 11.4 Å². The van der Waals surface area contributed by atoms with Crippen molar-refractivity contribution in [2.24, 2.45) is 0 Å². The highest BCUT2D eigenvalue weighted by Crippen LogP contribution is 2.19. The molecule has 0 aliphatic carbocycles. The minimum Gasteiger partial charge on any atom is -0.270 e. The van der Waals surface area contributed by atoms with E-state index in [1.165, 1.54) is 4.31 Å². The van der Waals surface area contributed by atoms with Gasteiger partial charge < -0.3 is 0 Å². The lowest BCUT2D eigenvalue weighted by Crippen LogP contribution is -2.34. The molecule has 108 valence electrons. The van der Waals surface area contributed by atoms with Crippen LogP contribution in [0, 0.1) is 0 Å². The van der Waals surface area contributed by atoms with Gasteiger partial charge in [0.15, 0.2) is 0 Å². The van der Waals surface area contributed by atoms with Gasteiger partial charge in [0.2, 0.25) is 10.0 Å². The molecule has 19 heavy (non-hydrogen) atoms. The normalized spacial score (nSPS) is 11.5. The van der Waals surface area contributed by atoms with Crippen molar-refractivity contribution >= 4 is 27.3 Å². The Morgan fingerprint density at radius 2 is 1.79 bits per heavy atom. The number of anilines is 1. The van der Waals surface area contributed by atoms with E-state index in [1.54, 1.807) is 0 Å². The Morgan fingerprint density at radius 1 is 1.11 bits per heavy atom. The first kappa shape index (κ1) is 16.3. The van der Waals surface area contributed by atoms with E-state index in [0.29, 0.717) is 18.8 Å². The van der Waals surface area contributed by atoms with E-state index in [0.717, 1.165) is 24.9 Å². The number of hydrogen-bond donors (Lipinski definition) is 0. The van der Waals surface area contributed by atoms with Crippen LogP contribution in [0.5, 0.6) is 0 Å². The van der Waals surface area contributed by atoms with Crippen LogP contribution < -0.4 is 4.31 Å². The largest absolute Gasteiger partial charge is 0.270 e. The Bertz CT molecular complexity index is 448. The van der Waals surface area contributed by atoms with Gasteiger partial charge in [-0.1, -0.05) is 31.5 Å². The highest BCUT2D eigenvalue weighted by molar-refractivity contribution is 7.92. The Morgan fingerprint density at radius 3 is 2.37 bits per heavy atom. The summed E-state index contributed by atoms with van der Waals surface area (Å²) in [5, 5.41) is 0. The zero-order chi connectivity index (χ0) is 14.1. The van der Waals surface area contributed by atoms with Crippen LogP contribution in [0.25, 0.3) is 0 Å². The number of alkyl halides is 1. The van der Waals surface area contributed by atoms with Crippen LogP contribution in [0.2, 0.25) is 0 Å². The maximum absolute atomic E-state index is 12.4. The topological polar surface area (TPSA) is 37.4 Å². The van der Waals surface area contributed by atoms with Crippen LogP contribution in [0.3, 0.4) is 0 Å². The van der Waals surface area contributed by atoms with Gasteiger partial charge in [0.1, 0.15) is 0 Å². The Kier molecular flexibility index (Phi) is 7.24. The minimum absolute atomic E-state index is 0.165. The fourth-order valence-electron chi connectivity index (χ4n) is 1.81. The Labute approximate surface area is 121 Å². The molecule has 1 aromatic carbocycles. The number of rotatable bonds is 9. The molecule has 0 heterocycles. The molecule has 0 radical (unpaired) electrons. The second kappa shape index (κ2) is 8.43. The molecular weight excluding hydrogens is 282 g/mol. The number of benzene rings is 1. The Balaban J connectivity index is 2.84. The zero-order valence-electron chi connectivity index (χ0n) is 11.4. The quantitative estimate of drug-likeness (QED) is 0.516. The molecule has 1 aromatic rings. The molecule has 0 bridgehead atoms. The SMILES string of the molecule is CCCCN(c1ccccc1)S(=O)(=O)CCCCCl. The van der Waals surface area contributed by atoms with E-state index in [4.69, 9.17) is 11.6 Å². The molecule has 0 aliphatic heterocycles. The van der Waals surface area contributed by atoms with Crippen LogP contribution in [0.4, 0.5) is 5.69 Å². The fourth-order valence-corrected chi connectivity index (χ4v) is 3.64. The number of hydrogen-bond acceptors (Lipinski definition) is 2. The third kappa shape index (κ3) is 5.41. The van der Waals surface area contributed by atoms with Crippen molar-refractivity contribution in [3.63, 3.8) is 0 Å². The van der Waals surface area contributed by atoms with Gasteiger partial charge >= 0.3 is 0 Å².